The third kappa shape index (κ3) is 9.02. The smallest absolute Gasteiger partial charge is 0.211 e. The van der Waals surface area contributed by atoms with Gasteiger partial charge in [-0.15, -0.1) is 0 Å². The molecule has 0 bridgehead atoms. The predicted octanol–water partition coefficient (Wildman–Crippen LogP) is 11.9. The SMILES string of the molecule is CCCCCCCCc1cccc(C2=C(CCCC)C(CCCCC)=C(c3ccc(CCCC)cc3)[N+]2=[N-])c1. The summed E-state index contributed by atoms with van der Waals surface area (Å²) in [5.74, 6) is 0. The Kier molecular flexibility index (Phi) is 13.7. The number of hydrogen-bond acceptors (Lipinski definition) is 0. The number of nitrogens with zero attached hydrogens (tertiary/aromatic N) is 2. The zero-order valence-corrected chi connectivity index (χ0v) is 25.5. The molecule has 0 fully saturated rings. The lowest BCUT2D eigenvalue weighted by Gasteiger charge is -2.11. The Bertz CT molecular complexity index is 1090. The Hall–Kier alpha value is -2.48. The third-order valence-corrected chi connectivity index (χ3v) is 8.24. The topological polar surface area (TPSA) is 25.3 Å². The molecule has 2 nitrogen and oxygen atoms in total. The number of rotatable bonds is 19. The summed E-state index contributed by atoms with van der Waals surface area (Å²) >= 11 is 0. The van der Waals surface area contributed by atoms with Gasteiger partial charge in [0.2, 0.25) is 11.4 Å². The van der Waals surface area contributed by atoms with Crippen molar-refractivity contribution in [3.63, 3.8) is 0 Å². The fraction of sp³-hybridized carbons (Fsp3) is 0.568. The molecule has 2 aromatic carbocycles. The highest BCUT2D eigenvalue weighted by molar-refractivity contribution is 5.82. The molecule has 0 atom stereocenters. The van der Waals surface area contributed by atoms with Gasteiger partial charge in [-0.25, -0.2) is 4.70 Å². The molecule has 0 amide bonds. The van der Waals surface area contributed by atoms with E-state index < -0.39 is 0 Å². The van der Waals surface area contributed by atoms with Crippen molar-refractivity contribution in [3.05, 3.63) is 87.5 Å². The van der Waals surface area contributed by atoms with Gasteiger partial charge in [0.15, 0.2) is 0 Å². The number of unbranched alkanes of at least 4 members (excludes halogenated alkanes) is 9. The van der Waals surface area contributed by atoms with Crippen LogP contribution in [0.2, 0.25) is 0 Å². The van der Waals surface area contributed by atoms with E-state index >= 15 is 0 Å². The molecule has 0 saturated heterocycles. The van der Waals surface area contributed by atoms with E-state index in [-0.39, 0.29) is 0 Å². The average Bonchev–Trinajstić information content (AvgIpc) is 3.23. The molecule has 0 radical (unpaired) electrons. The van der Waals surface area contributed by atoms with Crippen molar-refractivity contribution in [1.82, 2.24) is 0 Å². The van der Waals surface area contributed by atoms with Crippen molar-refractivity contribution in [2.45, 2.75) is 137 Å². The normalized spacial score (nSPS) is 13.7. The molecule has 2 heteroatoms. The number of allylic oxidation sites excluding steroid dienone is 2. The van der Waals surface area contributed by atoms with Gasteiger partial charge in [0.25, 0.3) is 0 Å². The van der Waals surface area contributed by atoms with Crippen molar-refractivity contribution in [2.24, 2.45) is 0 Å². The monoisotopic (exact) mass is 526 g/mol. The minimum absolute atomic E-state index is 1.01. The van der Waals surface area contributed by atoms with Crippen LogP contribution in [0.25, 0.3) is 16.9 Å². The standard InChI is InChI=1S/C37H54N2/c1-5-9-13-14-15-17-20-31-21-18-22-33(29-31)37-34(23-12-8-4)35(24-16-10-6-2)36(39(37)38)32-27-25-30(26-28-32)19-11-7-3/h18,21-22,25-29H,5-17,19-20,23-24H2,1-4H3. The summed E-state index contributed by atoms with van der Waals surface area (Å²) in [6.07, 6.45) is 20.5. The highest BCUT2D eigenvalue weighted by Gasteiger charge is 2.35. The van der Waals surface area contributed by atoms with Crippen molar-refractivity contribution in [1.29, 1.82) is 0 Å². The van der Waals surface area contributed by atoms with Gasteiger partial charge >= 0.3 is 0 Å². The largest absolute Gasteiger partial charge is 0.493 e. The van der Waals surface area contributed by atoms with Crippen LogP contribution in [0.1, 0.15) is 146 Å². The predicted molar refractivity (Wildman–Crippen MR) is 170 cm³/mol. The second-order valence-electron chi connectivity index (χ2n) is 11.5. The number of aryl methyl sites for hydroxylation is 2. The maximum absolute atomic E-state index is 11.9. The van der Waals surface area contributed by atoms with Crippen molar-refractivity contribution in [3.8, 4) is 0 Å². The maximum atomic E-state index is 11.9. The average molecular weight is 527 g/mol. The summed E-state index contributed by atoms with van der Waals surface area (Å²) in [6.45, 7) is 9.06. The Labute approximate surface area is 240 Å². The first-order valence-electron chi connectivity index (χ1n) is 16.3. The molecule has 3 rings (SSSR count). The van der Waals surface area contributed by atoms with Gasteiger partial charge in [0, 0.05) is 22.3 Å². The van der Waals surface area contributed by atoms with E-state index in [9.17, 15) is 5.53 Å². The first-order chi connectivity index (χ1) is 19.1. The lowest BCUT2D eigenvalue weighted by Crippen LogP contribution is -2.03. The second kappa shape index (κ2) is 17.3. The van der Waals surface area contributed by atoms with E-state index in [1.807, 2.05) is 0 Å². The summed E-state index contributed by atoms with van der Waals surface area (Å²) < 4.78 is 1.55. The summed E-state index contributed by atoms with van der Waals surface area (Å²) in [4.78, 5) is 0. The number of benzene rings is 2. The van der Waals surface area contributed by atoms with Crippen LogP contribution in [-0.2, 0) is 12.8 Å². The van der Waals surface area contributed by atoms with Crippen molar-refractivity contribution in [2.75, 3.05) is 0 Å². The van der Waals surface area contributed by atoms with Crippen LogP contribution < -0.4 is 0 Å². The lowest BCUT2D eigenvalue weighted by molar-refractivity contribution is -0.345. The third-order valence-electron chi connectivity index (χ3n) is 8.24. The molecule has 1 heterocycles. The molecular formula is C37H54N2. The van der Waals surface area contributed by atoms with Gasteiger partial charge in [-0.3, -0.25) is 0 Å². The van der Waals surface area contributed by atoms with Gasteiger partial charge in [0.05, 0.1) is 0 Å². The maximum Gasteiger partial charge on any atom is 0.211 e. The molecule has 0 unspecified atom stereocenters. The molecule has 1 aliphatic rings. The minimum atomic E-state index is 1.01. The molecule has 212 valence electrons. The highest BCUT2D eigenvalue weighted by atomic mass is 15.2. The summed E-state index contributed by atoms with van der Waals surface area (Å²) in [6, 6.07) is 18.0. The van der Waals surface area contributed by atoms with E-state index in [1.54, 1.807) is 4.70 Å². The van der Waals surface area contributed by atoms with Crippen LogP contribution in [0.5, 0.6) is 0 Å². The Morgan fingerprint density at radius 1 is 0.487 bits per heavy atom. The molecule has 1 aliphatic heterocycles. The van der Waals surface area contributed by atoms with Crippen molar-refractivity contribution < 1.29 is 4.70 Å². The Morgan fingerprint density at radius 2 is 1.00 bits per heavy atom. The van der Waals surface area contributed by atoms with Gasteiger partial charge < -0.3 is 5.53 Å². The van der Waals surface area contributed by atoms with Crippen LogP contribution in [0, 0.1) is 0 Å². The molecule has 2 aromatic rings. The van der Waals surface area contributed by atoms with E-state index in [2.05, 4.69) is 76.2 Å². The van der Waals surface area contributed by atoms with Gasteiger partial charge in [-0.2, -0.15) is 0 Å². The zero-order chi connectivity index (χ0) is 27.9. The van der Waals surface area contributed by atoms with Crippen LogP contribution in [0.3, 0.4) is 0 Å². The van der Waals surface area contributed by atoms with Crippen LogP contribution >= 0.6 is 0 Å². The second-order valence-corrected chi connectivity index (χ2v) is 11.5. The molecule has 39 heavy (non-hydrogen) atoms. The van der Waals surface area contributed by atoms with Gasteiger partial charge in [0.1, 0.15) is 0 Å². The zero-order valence-electron chi connectivity index (χ0n) is 25.5. The van der Waals surface area contributed by atoms with E-state index in [4.69, 9.17) is 0 Å². The van der Waals surface area contributed by atoms with Crippen LogP contribution in [-0.4, -0.2) is 4.70 Å². The summed E-state index contributed by atoms with van der Waals surface area (Å²) in [5.41, 5.74) is 21.7. The Morgan fingerprint density at radius 3 is 1.69 bits per heavy atom. The van der Waals surface area contributed by atoms with E-state index in [1.165, 1.54) is 92.9 Å². The summed E-state index contributed by atoms with van der Waals surface area (Å²) in [5, 5.41) is 0. The first kappa shape index (κ1) is 31.1. The quantitative estimate of drug-likeness (QED) is 0.128. The lowest BCUT2D eigenvalue weighted by atomic mass is 9.91. The molecule has 0 aromatic heterocycles. The van der Waals surface area contributed by atoms with E-state index in [0.29, 0.717) is 0 Å². The first-order valence-corrected chi connectivity index (χ1v) is 16.3. The van der Waals surface area contributed by atoms with Crippen LogP contribution in [0.15, 0.2) is 59.7 Å². The highest BCUT2D eigenvalue weighted by Crippen LogP contribution is 2.44. The van der Waals surface area contributed by atoms with E-state index in [0.717, 1.165) is 61.0 Å². The molecule has 0 N–H and O–H groups in total. The van der Waals surface area contributed by atoms with Gasteiger partial charge in [-0.05, 0) is 86.8 Å². The van der Waals surface area contributed by atoms with Crippen LogP contribution in [0.4, 0.5) is 0 Å². The Balaban J connectivity index is 1.93. The minimum Gasteiger partial charge on any atom is -0.493 e. The van der Waals surface area contributed by atoms with Gasteiger partial charge in [-0.1, -0.05) is 110 Å². The number of hydrogen-bond donors (Lipinski definition) is 0. The summed E-state index contributed by atoms with van der Waals surface area (Å²) in [7, 11) is 0. The molecule has 0 aliphatic carbocycles. The molecule has 0 saturated carbocycles. The fourth-order valence-electron chi connectivity index (χ4n) is 5.88. The molecular weight excluding hydrogens is 472 g/mol. The fourth-order valence-corrected chi connectivity index (χ4v) is 5.88. The van der Waals surface area contributed by atoms with Crippen molar-refractivity contribution >= 4 is 11.4 Å². The molecule has 0 spiro atoms.